The molecule has 0 aliphatic heterocycles. The average molecular weight is 424 g/mol. The zero-order chi connectivity index (χ0) is 10.9. The smallest absolute Gasteiger partial charge is 0 e. The van der Waals surface area contributed by atoms with Gasteiger partial charge in [0.15, 0.2) is 0 Å². The van der Waals surface area contributed by atoms with E-state index in [1.807, 2.05) is 62.8 Å². The SMILES string of the molecule is CC.CSC.II.c1ccccc1. The summed E-state index contributed by atoms with van der Waals surface area (Å²) in [6.45, 7) is 4.00. The first-order chi connectivity index (χ1) is 6.41. The maximum atomic E-state index is 2.12. The van der Waals surface area contributed by atoms with Gasteiger partial charge in [0, 0.05) is 37.2 Å². The highest BCUT2D eigenvalue weighted by molar-refractivity contribution is 15.0. The van der Waals surface area contributed by atoms with Crippen LogP contribution in [0.3, 0.4) is 0 Å². The molecule has 0 aliphatic rings. The first-order valence-electron chi connectivity index (χ1n) is 3.96. The predicted molar refractivity (Wildman–Crippen MR) is 85.3 cm³/mol. The van der Waals surface area contributed by atoms with Gasteiger partial charge in [-0.1, -0.05) is 50.2 Å². The van der Waals surface area contributed by atoms with Gasteiger partial charge < -0.3 is 0 Å². The Bertz CT molecular complexity index is 95.8. The molecule has 0 radical (unpaired) electrons. The molecular weight excluding hydrogens is 406 g/mol. The maximum absolute atomic E-state index is 2.12. The molecule has 0 amide bonds. The number of halogens is 2. The first kappa shape index (κ1) is 19.6. The van der Waals surface area contributed by atoms with Crippen molar-refractivity contribution in [3.05, 3.63) is 36.4 Å². The van der Waals surface area contributed by atoms with Gasteiger partial charge in [0.25, 0.3) is 0 Å². The minimum atomic E-state index is 1.75. The normalized spacial score (nSPS) is 6.00. The number of rotatable bonds is 0. The van der Waals surface area contributed by atoms with E-state index in [0.717, 1.165) is 0 Å². The lowest BCUT2D eigenvalue weighted by atomic mass is 10.4. The fraction of sp³-hybridized carbons (Fsp3) is 0.400. The van der Waals surface area contributed by atoms with Crippen molar-refractivity contribution in [3.8, 4) is 0 Å². The van der Waals surface area contributed by atoms with E-state index in [1.54, 1.807) is 11.8 Å². The van der Waals surface area contributed by atoms with Gasteiger partial charge in [0.2, 0.25) is 0 Å². The van der Waals surface area contributed by atoms with Gasteiger partial charge in [-0.2, -0.15) is 11.8 Å². The van der Waals surface area contributed by atoms with E-state index in [4.69, 9.17) is 0 Å². The zero-order valence-corrected chi connectivity index (χ0v) is 13.8. The van der Waals surface area contributed by atoms with E-state index in [1.165, 1.54) is 0 Å². The summed E-state index contributed by atoms with van der Waals surface area (Å²) in [6.07, 6.45) is 4.08. The van der Waals surface area contributed by atoms with Crippen molar-refractivity contribution in [1.29, 1.82) is 0 Å². The molecule has 0 spiro atoms. The molecule has 0 saturated heterocycles. The fourth-order valence-electron chi connectivity index (χ4n) is 0.385. The van der Waals surface area contributed by atoms with Crippen molar-refractivity contribution in [1.82, 2.24) is 0 Å². The molecule has 1 aromatic rings. The Morgan fingerprint density at radius 2 is 0.769 bits per heavy atom. The van der Waals surface area contributed by atoms with Gasteiger partial charge in [0.05, 0.1) is 0 Å². The fourth-order valence-corrected chi connectivity index (χ4v) is 0.385. The summed E-state index contributed by atoms with van der Waals surface area (Å²) < 4.78 is 0. The summed E-state index contributed by atoms with van der Waals surface area (Å²) in [5, 5.41) is 0. The molecule has 3 heteroatoms. The predicted octanol–water partition coefficient (Wildman–Crippen LogP) is 5.46. The van der Waals surface area contributed by atoms with Gasteiger partial charge in [-0.3, -0.25) is 0 Å². The first-order valence-corrected chi connectivity index (χ1v) is 11.9. The standard InChI is InChI=1S/C6H6.C2H6S.C2H6.I2/c1-2-4-6-5-3-1;1-3-2;2*1-2/h1-6H;1-2H3;1-2H3;. The molecule has 0 aliphatic carbocycles. The van der Waals surface area contributed by atoms with Crippen molar-refractivity contribution >= 4 is 49.0 Å². The van der Waals surface area contributed by atoms with E-state index < -0.39 is 0 Å². The Morgan fingerprint density at radius 1 is 0.692 bits per heavy atom. The maximum Gasteiger partial charge on any atom is 0 e. The minimum absolute atomic E-state index is 1.75. The third-order valence-electron chi connectivity index (χ3n) is 0.667. The van der Waals surface area contributed by atoms with Crippen molar-refractivity contribution < 1.29 is 0 Å². The Labute approximate surface area is 111 Å². The summed E-state index contributed by atoms with van der Waals surface area (Å²) in [7, 11) is 0. The zero-order valence-electron chi connectivity index (χ0n) is 8.63. The van der Waals surface area contributed by atoms with Crippen LogP contribution < -0.4 is 0 Å². The molecule has 78 valence electrons. The molecule has 0 aromatic heterocycles. The van der Waals surface area contributed by atoms with Crippen LogP contribution in [0.15, 0.2) is 36.4 Å². The van der Waals surface area contributed by atoms with Crippen LogP contribution in [0, 0.1) is 0 Å². The lowest BCUT2D eigenvalue weighted by Gasteiger charge is -1.69. The Kier molecular flexibility index (Phi) is 44.0. The highest BCUT2D eigenvalue weighted by Gasteiger charge is 1.57. The molecular formula is C10H18I2S. The monoisotopic (exact) mass is 424 g/mol. The van der Waals surface area contributed by atoms with Crippen molar-refractivity contribution in [3.63, 3.8) is 0 Å². The molecule has 0 atom stereocenters. The molecule has 13 heavy (non-hydrogen) atoms. The van der Waals surface area contributed by atoms with Crippen LogP contribution in [0.5, 0.6) is 0 Å². The van der Waals surface area contributed by atoms with Crippen LogP contribution in [-0.2, 0) is 0 Å². The summed E-state index contributed by atoms with van der Waals surface area (Å²) in [5.41, 5.74) is 0. The molecule has 0 bridgehead atoms. The number of hydrogen-bond acceptors (Lipinski definition) is 1. The van der Waals surface area contributed by atoms with Crippen molar-refractivity contribution in [2.24, 2.45) is 0 Å². The Hall–Kier alpha value is 1.03. The Morgan fingerprint density at radius 3 is 0.846 bits per heavy atom. The average Bonchev–Trinajstić information content (AvgIpc) is 2.27. The van der Waals surface area contributed by atoms with E-state index in [2.05, 4.69) is 37.2 Å². The minimum Gasteiger partial charge on any atom is -0.169 e. The second-order valence-corrected chi connectivity index (χ2v) is 2.38. The Balaban J connectivity index is -0.000000124. The summed E-state index contributed by atoms with van der Waals surface area (Å²) in [5.74, 6) is 0. The lowest BCUT2D eigenvalue weighted by Crippen LogP contribution is -1.47. The van der Waals surface area contributed by atoms with Crippen LogP contribution in [0.4, 0.5) is 0 Å². The molecule has 1 aromatic carbocycles. The summed E-state index contributed by atoms with van der Waals surface area (Å²) >= 11 is 5.99. The second-order valence-electron chi connectivity index (χ2n) is 1.56. The van der Waals surface area contributed by atoms with Crippen LogP contribution >= 0.6 is 49.0 Å². The number of hydrogen-bond donors (Lipinski definition) is 0. The van der Waals surface area contributed by atoms with E-state index >= 15 is 0 Å². The van der Waals surface area contributed by atoms with Crippen LogP contribution in [0.1, 0.15) is 13.8 Å². The van der Waals surface area contributed by atoms with Gasteiger partial charge in [-0.25, -0.2) is 0 Å². The molecule has 0 N–H and O–H groups in total. The molecule has 0 heterocycles. The van der Waals surface area contributed by atoms with Crippen LogP contribution in [0.25, 0.3) is 0 Å². The van der Waals surface area contributed by atoms with E-state index in [9.17, 15) is 0 Å². The third-order valence-corrected chi connectivity index (χ3v) is 0.667. The third kappa shape index (κ3) is 32.1. The van der Waals surface area contributed by atoms with Crippen molar-refractivity contribution in [2.45, 2.75) is 13.8 Å². The topological polar surface area (TPSA) is 0 Å². The van der Waals surface area contributed by atoms with Crippen molar-refractivity contribution in [2.75, 3.05) is 12.5 Å². The summed E-state index contributed by atoms with van der Waals surface area (Å²) in [6, 6.07) is 12.0. The molecule has 0 saturated carbocycles. The molecule has 1 rings (SSSR count). The second kappa shape index (κ2) is 29.2. The van der Waals surface area contributed by atoms with Gasteiger partial charge >= 0.3 is 0 Å². The quantitative estimate of drug-likeness (QED) is 0.499. The van der Waals surface area contributed by atoms with E-state index in [0.29, 0.717) is 0 Å². The van der Waals surface area contributed by atoms with Crippen LogP contribution in [-0.4, -0.2) is 12.5 Å². The largest absolute Gasteiger partial charge is 0.169 e. The lowest BCUT2D eigenvalue weighted by molar-refractivity contribution is 1.50. The van der Waals surface area contributed by atoms with Gasteiger partial charge in [-0.05, 0) is 12.5 Å². The molecule has 0 nitrogen and oxygen atoms in total. The van der Waals surface area contributed by atoms with Gasteiger partial charge in [0.1, 0.15) is 0 Å². The highest BCUT2D eigenvalue weighted by atomic mass is 128. The van der Waals surface area contributed by atoms with Crippen LogP contribution in [0.2, 0.25) is 0 Å². The highest BCUT2D eigenvalue weighted by Crippen LogP contribution is 1.89. The van der Waals surface area contributed by atoms with E-state index in [-0.39, 0.29) is 0 Å². The van der Waals surface area contributed by atoms with Gasteiger partial charge in [-0.15, -0.1) is 0 Å². The summed E-state index contributed by atoms with van der Waals surface area (Å²) in [4.78, 5) is 0. The molecule has 0 fully saturated rings. The number of benzene rings is 1. The molecule has 0 unspecified atom stereocenters. The number of thioether (sulfide) groups is 1.